The maximum absolute atomic E-state index is 13.4. The minimum Gasteiger partial charge on any atom is -0.321 e. The highest BCUT2D eigenvalue weighted by molar-refractivity contribution is 7.92. The summed E-state index contributed by atoms with van der Waals surface area (Å²) in [5.74, 6) is -0.353. The van der Waals surface area contributed by atoms with Crippen LogP contribution < -0.4 is 10.0 Å². The second-order valence-corrected chi connectivity index (χ2v) is 11.3. The molecule has 35 heavy (non-hydrogen) atoms. The van der Waals surface area contributed by atoms with Crippen molar-refractivity contribution in [3.63, 3.8) is 0 Å². The second-order valence-electron chi connectivity index (χ2n) is 8.69. The molecule has 0 fully saturated rings. The summed E-state index contributed by atoms with van der Waals surface area (Å²) in [5.41, 5.74) is 8.70. The zero-order chi connectivity index (χ0) is 25.3. The molecular weight excluding hydrogens is 476 g/mol. The molecule has 2 N–H and O–H groups in total. The van der Waals surface area contributed by atoms with Gasteiger partial charge < -0.3 is 5.32 Å². The number of hydrogen-bond donors (Lipinski definition) is 2. The lowest BCUT2D eigenvalue weighted by molar-refractivity contribution is 0.103. The van der Waals surface area contributed by atoms with Crippen LogP contribution in [-0.4, -0.2) is 14.3 Å². The van der Waals surface area contributed by atoms with Crippen LogP contribution in [0.2, 0.25) is 0 Å². The van der Waals surface area contributed by atoms with Gasteiger partial charge in [-0.15, -0.1) is 11.3 Å². The molecule has 1 amide bonds. The lowest BCUT2D eigenvalue weighted by atomic mass is 9.87. The van der Waals surface area contributed by atoms with Gasteiger partial charge in [-0.05, 0) is 97.1 Å². The van der Waals surface area contributed by atoms with Crippen LogP contribution in [-0.2, 0) is 10.0 Å². The predicted octanol–water partition coefficient (Wildman–Crippen LogP) is 7.01. The molecule has 0 spiro atoms. The van der Waals surface area contributed by atoms with Crippen molar-refractivity contribution in [2.45, 2.75) is 39.5 Å². The van der Waals surface area contributed by atoms with E-state index in [4.69, 9.17) is 0 Å². The summed E-state index contributed by atoms with van der Waals surface area (Å²) in [6, 6.07) is 18.0. The summed E-state index contributed by atoms with van der Waals surface area (Å²) < 4.78 is 28.2. The largest absolute Gasteiger partial charge is 0.321 e. The van der Waals surface area contributed by atoms with Gasteiger partial charge in [-0.1, -0.05) is 42.5 Å². The molecular formula is C28H28N2O3S2. The number of aryl methyl sites for hydroxylation is 4. The van der Waals surface area contributed by atoms with Crippen molar-refractivity contribution < 1.29 is 13.2 Å². The fraction of sp³-hybridized carbons (Fsp3) is 0.179. The number of rotatable bonds is 6. The van der Waals surface area contributed by atoms with Gasteiger partial charge in [0.2, 0.25) is 0 Å². The Hall–Kier alpha value is -3.42. The molecule has 4 rings (SSSR count). The number of anilines is 2. The molecule has 0 saturated carbocycles. The Bertz CT molecular complexity index is 1500. The zero-order valence-electron chi connectivity index (χ0n) is 20.4. The van der Waals surface area contributed by atoms with Crippen LogP contribution in [0.15, 0.2) is 70.9 Å². The van der Waals surface area contributed by atoms with Crippen LogP contribution in [0.1, 0.15) is 37.5 Å². The first-order chi connectivity index (χ1) is 16.6. The van der Waals surface area contributed by atoms with E-state index in [0.717, 1.165) is 27.9 Å². The van der Waals surface area contributed by atoms with Gasteiger partial charge in [0.05, 0.1) is 10.6 Å². The number of carbonyl (C=O) groups excluding carboxylic acids is 1. The molecule has 5 nitrogen and oxygen atoms in total. The number of thiophene rings is 1. The molecule has 0 atom stereocenters. The maximum Gasteiger partial charge on any atom is 0.267 e. The zero-order valence-corrected chi connectivity index (χ0v) is 22.0. The summed E-state index contributed by atoms with van der Waals surface area (Å²) in [6.45, 7) is 10.3. The molecule has 0 saturated heterocycles. The summed E-state index contributed by atoms with van der Waals surface area (Å²) in [7, 11) is -3.81. The van der Waals surface area contributed by atoms with Gasteiger partial charge in [-0.25, -0.2) is 8.42 Å². The molecule has 0 aliphatic rings. The van der Waals surface area contributed by atoms with Gasteiger partial charge in [0.25, 0.3) is 15.9 Å². The number of amides is 1. The molecule has 0 unspecified atom stereocenters. The van der Waals surface area contributed by atoms with Gasteiger partial charge in [-0.2, -0.15) is 0 Å². The molecule has 4 aromatic rings. The van der Waals surface area contributed by atoms with E-state index in [-0.39, 0.29) is 16.5 Å². The first kappa shape index (κ1) is 24.7. The third-order valence-corrected chi connectivity index (χ3v) is 8.41. The minimum atomic E-state index is -3.81. The quantitative estimate of drug-likeness (QED) is 0.297. The Morgan fingerprint density at radius 1 is 0.771 bits per heavy atom. The smallest absolute Gasteiger partial charge is 0.267 e. The number of hydrogen-bond acceptors (Lipinski definition) is 4. The maximum atomic E-state index is 13.4. The highest BCUT2D eigenvalue weighted by atomic mass is 32.2. The molecule has 1 aromatic heterocycles. The van der Waals surface area contributed by atoms with E-state index in [1.165, 1.54) is 40.2 Å². The summed E-state index contributed by atoms with van der Waals surface area (Å²) in [4.78, 5) is 13.8. The molecule has 0 aliphatic carbocycles. The standard InChI is InChI=1S/C28H28N2O3S2/c1-17-10-9-11-18(2)24(17)25-19(3)16-20(4)26(21(25)5)29-28(31)27-23(14-15-34-27)30-35(32,33)22-12-7-6-8-13-22/h6-16,30H,1-5H3,(H,29,31). The number of sulfonamides is 1. The summed E-state index contributed by atoms with van der Waals surface area (Å²) >= 11 is 1.19. The van der Waals surface area contributed by atoms with Gasteiger partial charge in [0.1, 0.15) is 4.88 Å². The van der Waals surface area contributed by atoms with Crippen LogP contribution in [0.3, 0.4) is 0 Å². The minimum absolute atomic E-state index is 0.140. The van der Waals surface area contributed by atoms with Crippen molar-refractivity contribution in [1.29, 1.82) is 0 Å². The number of benzene rings is 3. The lowest BCUT2D eigenvalue weighted by Gasteiger charge is -2.21. The topological polar surface area (TPSA) is 75.3 Å². The molecule has 180 valence electrons. The molecule has 0 radical (unpaired) electrons. The van der Waals surface area contributed by atoms with Crippen LogP contribution >= 0.6 is 11.3 Å². The Balaban J connectivity index is 1.69. The fourth-order valence-corrected chi connectivity index (χ4v) is 6.41. The van der Waals surface area contributed by atoms with Crippen LogP contribution in [0.5, 0.6) is 0 Å². The summed E-state index contributed by atoms with van der Waals surface area (Å²) in [6.07, 6.45) is 0. The van der Waals surface area contributed by atoms with Crippen LogP contribution in [0, 0.1) is 34.6 Å². The van der Waals surface area contributed by atoms with Crippen molar-refractivity contribution in [3.8, 4) is 11.1 Å². The molecule has 0 aliphatic heterocycles. The number of nitrogens with one attached hydrogen (secondary N) is 2. The Labute approximate surface area is 210 Å². The van der Waals surface area contributed by atoms with E-state index in [1.807, 2.05) is 19.9 Å². The Morgan fingerprint density at radius 3 is 2.09 bits per heavy atom. The van der Waals surface area contributed by atoms with Crippen molar-refractivity contribution >= 4 is 38.6 Å². The Morgan fingerprint density at radius 2 is 1.43 bits per heavy atom. The van der Waals surface area contributed by atoms with E-state index in [2.05, 4.69) is 49.0 Å². The molecule has 1 heterocycles. The van der Waals surface area contributed by atoms with E-state index >= 15 is 0 Å². The molecule has 0 bridgehead atoms. The van der Waals surface area contributed by atoms with Gasteiger partial charge in [0, 0.05) is 5.69 Å². The fourth-order valence-electron chi connectivity index (χ4n) is 4.51. The SMILES string of the molecule is Cc1cc(C)c(-c2c(C)cccc2C)c(C)c1NC(=O)c1sccc1NS(=O)(=O)c1ccccc1. The van der Waals surface area contributed by atoms with Crippen molar-refractivity contribution in [3.05, 3.63) is 98.7 Å². The average Bonchev–Trinajstić information content (AvgIpc) is 3.26. The lowest BCUT2D eigenvalue weighted by Crippen LogP contribution is -2.18. The molecule has 7 heteroatoms. The van der Waals surface area contributed by atoms with Crippen LogP contribution in [0.25, 0.3) is 11.1 Å². The molecule has 3 aromatic carbocycles. The predicted molar refractivity (Wildman–Crippen MR) is 145 cm³/mol. The first-order valence-corrected chi connectivity index (χ1v) is 13.6. The first-order valence-electron chi connectivity index (χ1n) is 11.2. The van der Waals surface area contributed by atoms with E-state index in [0.29, 0.717) is 4.88 Å². The van der Waals surface area contributed by atoms with Crippen molar-refractivity contribution in [2.75, 3.05) is 10.0 Å². The highest BCUT2D eigenvalue weighted by Crippen LogP contribution is 2.38. The van der Waals surface area contributed by atoms with Crippen molar-refractivity contribution in [1.82, 2.24) is 0 Å². The van der Waals surface area contributed by atoms with E-state index in [1.54, 1.807) is 29.6 Å². The third-order valence-electron chi connectivity index (χ3n) is 6.11. The Kier molecular flexibility index (Phi) is 6.83. The van der Waals surface area contributed by atoms with Gasteiger partial charge in [0.15, 0.2) is 0 Å². The second kappa shape index (κ2) is 9.68. The average molecular weight is 505 g/mol. The third kappa shape index (κ3) is 4.88. The van der Waals surface area contributed by atoms with Crippen molar-refractivity contribution in [2.24, 2.45) is 0 Å². The highest BCUT2D eigenvalue weighted by Gasteiger charge is 2.22. The van der Waals surface area contributed by atoms with Gasteiger partial charge >= 0.3 is 0 Å². The monoisotopic (exact) mass is 504 g/mol. The van der Waals surface area contributed by atoms with E-state index in [9.17, 15) is 13.2 Å². The number of carbonyl (C=O) groups is 1. The summed E-state index contributed by atoms with van der Waals surface area (Å²) in [5, 5.41) is 4.76. The van der Waals surface area contributed by atoms with Gasteiger partial charge in [-0.3, -0.25) is 9.52 Å². The normalized spacial score (nSPS) is 11.3. The van der Waals surface area contributed by atoms with Crippen LogP contribution in [0.4, 0.5) is 11.4 Å². The van der Waals surface area contributed by atoms with E-state index < -0.39 is 10.0 Å².